The third-order valence-corrected chi connectivity index (χ3v) is 3.19. The number of hydrogen-bond donors (Lipinski definition) is 2. The van der Waals surface area contributed by atoms with Gasteiger partial charge < -0.3 is 15.8 Å². The fourth-order valence-electron chi connectivity index (χ4n) is 1.55. The number of hydrogen-bond acceptors (Lipinski definition) is 4. The molecule has 4 nitrogen and oxygen atoms in total. The van der Waals surface area contributed by atoms with Gasteiger partial charge in [-0.05, 0) is 34.5 Å². The highest BCUT2D eigenvalue weighted by Gasteiger charge is 2.08. The van der Waals surface area contributed by atoms with Gasteiger partial charge in [-0.25, -0.2) is 0 Å². The first-order valence-corrected chi connectivity index (χ1v) is 6.37. The van der Waals surface area contributed by atoms with Crippen LogP contribution in [0.1, 0.15) is 15.9 Å². The number of ether oxygens (including phenoxy) is 1. The molecule has 18 heavy (non-hydrogen) atoms. The number of amides is 1. The van der Waals surface area contributed by atoms with E-state index in [1.54, 1.807) is 36.6 Å². The summed E-state index contributed by atoms with van der Waals surface area (Å²) in [7, 11) is 1.54. The summed E-state index contributed by atoms with van der Waals surface area (Å²) < 4.78 is 5.08. The predicted molar refractivity (Wildman–Crippen MR) is 72.9 cm³/mol. The van der Waals surface area contributed by atoms with Gasteiger partial charge in [-0.2, -0.15) is 11.3 Å². The molecule has 94 valence electrons. The summed E-state index contributed by atoms with van der Waals surface area (Å²) in [6.45, 7) is 0.513. The second-order valence-corrected chi connectivity index (χ2v) is 4.59. The second kappa shape index (κ2) is 5.55. The van der Waals surface area contributed by atoms with Crippen molar-refractivity contribution in [2.75, 3.05) is 12.8 Å². The Balaban J connectivity index is 2.06. The number of carbonyl (C=O) groups excluding carboxylic acids is 1. The van der Waals surface area contributed by atoms with Crippen molar-refractivity contribution in [3.63, 3.8) is 0 Å². The minimum atomic E-state index is -0.160. The number of nitrogen functional groups attached to an aromatic ring is 1. The van der Waals surface area contributed by atoms with Crippen molar-refractivity contribution in [1.82, 2.24) is 5.32 Å². The second-order valence-electron chi connectivity index (χ2n) is 3.81. The average molecular weight is 262 g/mol. The van der Waals surface area contributed by atoms with E-state index in [1.807, 2.05) is 16.8 Å². The highest BCUT2D eigenvalue weighted by atomic mass is 32.1. The fourth-order valence-corrected chi connectivity index (χ4v) is 2.22. The predicted octanol–water partition coefficient (Wildman–Crippen LogP) is 2.27. The van der Waals surface area contributed by atoms with Gasteiger partial charge in [0.25, 0.3) is 5.91 Å². The van der Waals surface area contributed by atoms with Crippen LogP contribution in [0.15, 0.2) is 35.0 Å². The van der Waals surface area contributed by atoms with Crippen LogP contribution < -0.4 is 15.8 Å². The van der Waals surface area contributed by atoms with E-state index in [1.165, 1.54) is 0 Å². The van der Waals surface area contributed by atoms with Crippen LogP contribution >= 0.6 is 11.3 Å². The molecule has 2 aromatic rings. The van der Waals surface area contributed by atoms with E-state index >= 15 is 0 Å². The summed E-state index contributed by atoms with van der Waals surface area (Å²) in [6.07, 6.45) is 0. The Labute approximate surface area is 109 Å². The van der Waals surface area contributed by atoms with Crippen LogP contribution in [0, 0.1) is 0 Å². The molecule has 0 fully saturated rings. The number of carbonyl (C=O) groups is 1. The summed E-state index contributed by atoms with van der Waals surface area (Å²) in [4.78, 5) is 11.9. The van der Waals surface area contributed by atoms with E-state index in [4.69, 9.17) is 10.5 Å². The Hall–Kier alpha value is -2.01. The van der Waals surface area contributed by atoms with Gasteiger partial charge in [-0.3, -0.25) is 4.79 Å². The van der Waals surface area contributed by atoms with Crippen LogP contribution in [0.4, 0.5) is 5.69 Å². The quantitative estimate of drug-likeness (QED) is 0.831. The van der Waals surface area contributed by atoms with Gasteiger partial charge in [0.15, 0.2) is 0 Å². The molecule has 0 aliphatic rings. The van der Waals surface area contributed by atoms with Crippen LogP contribution in [0.25, 0.3) is 0 Å². The largest absolute Gasteiger partial charge is 0.497 e. The highest BCUT2D eigenvalue weighted by molar-refractivity contribution is 7.07. The summed E-state index contributed by atoms with van der Waals surface area (Å²) >= 11 is 1.60. The first kappa shape index (κ1) is 12.4. The zero-order valence-corrected chi connectivity index (χ0v) is 10.8. The molecule has 0 atom stereocenters. The SMILES string of the molecule is COc1cc(N)cc(C(=O)NCc2ccsc2)c1. The highest BCUT2D eigenvalue weighted by Crippen LogP contribution is 2.18. The maximum atomic E-state index is 11.9. The molecule has 5 heteroatoms. The minimum absolute atomic E-state index is 0.160. The van der Waals surface area contributed by atoms with E-state index in [9.17, 15) is 4.79 Å². The van der Waals surface area contributed by atoms with Crippen LogP contribution in [0.2, 0.25) is 0 Å². The van der Waals surface area contributed by atoms with E-state index in [0.29, 0.717) is 23.5 Å². The van der Waals surface area contributed by atoms with Crippen LogP contribution in [-0.2, 0) is 6.54 Å². The number of nitrogens with one attached hydrogen (secondary N) is 1. The summed E-state index contributed by atoms with van der Waals surface area (Å²) in [5.41, 5.74) is 7.80. The van der Waals surface area contributed by atoms with Gasteiger partial charge in [0.2, 0.25) is 0 Å². The molecule has 0 bridgehead atoms. The molecule has 1 heterocycles. The third kappa shape index (κ3) is 3.01. The van der Waals surface area contributed by atoms with Crippen LogP contribution in [-0.4, -0.2) is 13.0 Å². The normalized spacial score (nSPS) is 10.1. The lowest BCUT2D eigenvalue weighted by atomic mass is 10.1. The molecule has 2 rings (SSSR count). The van der Waals surface area contributed by atoms with Crippen molar-refractivity contribution >= 4 is 22.9 Å². The van der Waals surface area contributed by atoms with Crippen molar-refractivity contribution < 1.29 is 9.53 Å². The zero-order valence-electron chi connectivity index (χ0n) is 9.97. The molecular weight excluding hydrogens is 248 g/mol. The average Bonchev–Trinajstić information content (AvgIpc) is 2.88. The van der Waals surface area contributed by atoms with Gasteiger partial charge in [0, 0.05) is 23.9 Å². The van der Waals surface area contributed by atoms with E-state index in [-0.39, 0.29) is 5.91 Å². The summed E-state index contributed by atoms with van der Waals surface area (Å²) in [6, 6.07) is 6.95. The Morgan fingerprint density at radius 1 is 1.44 bits per heavy atom. The fraction of sp³-hybridized carbons (Fsp3) is 0.154. The van der Waals surface area contributed by atoms with E-state index in [0.717, 1.165) is 5.56 Å². The van der Waals surface area contributed by atoms with Crippen molar-refractivity contribution in [3.8, 4) is 5.75 Å². The molecule has 0 unspecified atom stereocenters. The standard InChI is InChI=1S/C13H14N2O2S/c1-17-12-5-10(4-11(14)6-12)13(16)15-7-9-2-3-18-8-9/h2-6,8H,7,14H2,1H3,(H,15,16). The van der Waals surface area contributed by atoms with Gasteiger partial charge >= 0.3 is 0 Å². The Kier molecular flexibility index (Phi) is 3.84. The molecule has 0 aliphatic carbocycles. The molecule has 0 spiro atoms. The lowest BCUT2D eigenvalue weighted by Crippen LogP contribution is -2.22. The molecule has 1 amide bonds. The molecule has 3 N–H and O–H groups in total. The van der Waals surface area contributed by atoms with Gasteiger partial charge in [0.1, 0.15) is 5.75 Å². The first-order chi connectivity index (χ1) is 8.69. The van der Waals surface area contributed by atoms with E-state index < -0.39 is 0 Å². The molecule has 0 radical (unpaired) electrons. The topological polar surface area (TPSA) is 64.3 Å². The van der Waals surface area contributed by atoms with Gasteiger partial charge in [-0.15, -0.1) is 0 Å². The van der Waals surface area contributed by atoms with E-state index in [2.05, 4.69) is 5.32 Å². The molecule has 0 aliphatic heterocycles. The molecular formula is C13H14N2O2S. The number of anilines is 1. The first-order valence-electron chi connectivity index (χ1n) is 5.43. The number of rotatable bonds is 4. The Morgan fingerprint density at radius 2 is 2.28 bits per heavy atom. The van der Waals surface area contributed by atoms with Crippen molar-refractivity contribution in [2.24, 2.45) is 0 Å². The van der Waals surface area contributed by atoms with Crippen molar-refractivity contribution in [1.29, 1.82) is 0 Å². The number of thiophene rings is 1. The number of benzene rings is 1. The molecule has 0 saturated heterocycles. The van der Waals surface area contributed by atoms with Crippen molar-refractivity contribution in [2.45, 2.75) is 6.54 Å². The smallest absolute Gasteiger partial charge is 0.251 e. The van der Waals surface area contributed by atoms with Crippen LogP contribution in [0.3, 0.4) is 0 Å². The number of nitrogens with two attached hydrogens (primary N) is 1. The maximum absolute atomic E-state index is 11.9. The zero-order chi connectivity index (χ0) is 13.0. The van der Waals surface area contributed by atoms with Gasteiger partial charge in [-0.1, -0.05) is 0 Å². The van der Waals surface area contributed by atoms with Gasteiger partial charge in [0.05, 0.1) is 7.11 Å². The summed E-state index contributed by atoms with van der Waals surface area (Å²) in [5.74, 6) is 0.419. The minimum Gasteiger partial charge on any atom is -0.497 e. The summed E-state index contributed by atoms with van der Waals surface area (Å²) in [5, 5.41) is 6.81. The molecule has 1 aromatic heterocycles. The van der Waals surface area contributed by atoms with Crippen molar-refractivity contribution in [3.05, 3.63) is 46.2 Å². The monoisotopic (exact) mass is 262 g/mol. The lowest BCUT2D eigenvalue weighted by molar-refractivity contribution is 0.0950. The molecule has 1 aromatic carbocycles. The maximum Gasteiger partial charge on any atom is 0.251 e. The lowest BCUT2D eigenvalue weighted by Gasteiger charge is -2.07. The van der Waals surface area contributed by atoms with Crippen LogP contribution in [0.5, 0.6) is 5.75 Å². The Morgan fingerprint density at radius 3 is 2.94 bits per heavy atom. The third-order valence-electron chi connectivity index (χ3n) is 2.46. The Bertz CT molecular complexity index is 538. The molecule has 0 saturated carbocycles. The number of methoxy groups -OCH3 is 1.